The molecule has 1 amide bonds. The Labute approximate surface area is 119 Å². The molecule has 1 aliphatic heterocycles. The Bertz CT molecular complexity index is 470. The van der Waals surface area contributed by atoms with Gasteiger partial charge in [0.2, 0.25) is 0 Å². The number of nitrogen functional groups attached to an aromatic ring is 1. The third kappa shape index (κ3) is 3.35. The summed E-state index contributed by atoms with van der Waals surface area (Å²) in [5, 5.41) is 0. The molecule has 5 nitrogen and oxygen atoms in total. The highest BCUT2D eigenvalue weighted by Gasteiger charge is 2.24. The van der Waals surface area contributed by atoms with E-state index in [1.165, 1.54) is 6.42 Å². The van der Waals surface area contributed by atoms with E-state index in [1.807, 2.05) is 4.90 Å². The van der Waals surface area contributed by atoms with Crippen molar-refractivity contribution in [3.8, 4) is 11.5 Å². The van der Waals surface area contributed by atoms with Gasteiger partial charge in [-0.1, -0.05) is 0 Å². The van der Waals surface area contributed by atoms with E-state index < -0.39 is 6.10 Å². The number of nitrogens with zero attached hydrogens (tertiary/aromatic N) is 1. The van der Waals surface area contributed by atoms with Crippen LogP contribution in [0.1, 0.15) is 26.2 Å². The molecular weight excluding hydrogens is 256 g/mol. The van der Waals surface area contributed by atoms with Crippen LogP contribution in [-0.2, 0) is 4.79 Å². The number of likely N-dealkylation sites (tertiary alicyclic amines) is 1. The van der Waals surface area contributed by atoms with Crippen molar-refractivity contribution in [2.75, 3.05) is 25.9 Å². The molecular formula is C15H22N2O3. The van der Waals surface area contributed by atoms with Gasteiger partial charge in [0.05, 0.1) is 7.11 Å². The molecule has 1 atom stereocenters. The van der Waals surface area contributed by atoms with E-state index in [9.17, 15) is 4.79 Å². The fourth-order valence-corrected chi connectivity index (χ4v) is 2.39. The Balaban J connectivity index is 2.03. The zero-order valence-electron chi connectivity index (χ0n) is 12.1. The van der Waals surface area contributed by atoms with Gasteiger partial charge in [0, 0.05) is 24.8 Å². The van der Waals surface area contributed by atoms with Gasteiger partial charge in [-0.15, -0.1) is 0 Å². The summed E-state index contributed by atoms with van der Waals surface area (Å²) in [7, 11) is 1.55. The SMILES string of the molecule is COc1cc(N)ccc1OC(C)C(=O)N1CCCCC1. The molecule has 0 aliphatic carbocycles. The molecule has 1 saturated heterocycles. The summed E-state index contributed by atoms with van der Waals surface area (Å²) in [6.45, 7) is 3.42. The van der Waals surface area contributed by atoms with Gasteiger partial charge in [-0.05, 0) is 38.3 Å². The molecule has 1 aliphatic rings. The minimum Gasteiger partial charge on any atom is -0.493 e. The number of hydrogen-bond acceptors (Lipinski definition) is 4. The fraction of sp³-hybridized carbons (Fsp3) is 0.533. The predicted octanol–water partition coefficient (Wildman–Crippen LogP) is 2.06. The molecule has 20 heavy (non-hydrogen) atoms. The first kappa shape index (κ1) is 14.5. The number of amides is 1. The first-order valence-electron chi connectivity index (χ1n) is 7.01. The van der Waals surface area contributed by atoms with Crippen LogP contribution in [-0.4, -0.2) is 37.1 Å². The second-order valence-electron chi connectivity index (χ2n) is 5.06. The van der Waals surface area contributed by atoms with E-state index in [2.05, 4.69) is 0 Å². The van der Waals surface area contributed by atoms with Crippen molar-refractivity contribution in [2.45, 2.75) is 32.3 Å². The van der Waals surface area contributed by atoms with Gasteiger partial charge in [-0.3, -0.25) is 4.79 Å². The third-order valence-corrected chi connectivity index (χ3v) is 3.51. The molecule has 1 aromatic carbocycles. The normalized spacial score (nSPS) is 16.6. The maximum Gasteiger partial charge on any atom is 0.263 e. The van der Waals surface area contributed by atoms with Crippen LogP contribution in [0.5, 0.6) is 11.5 Å². The van der Waals surface area contributed by atoms with Crippen LogP contribution in [0, 0.1) is 0 Å². The first-order chi connectivity index (χ1) is 9.61. The monoisotopic (exact) mass is 278 g/mol. The lowest BCUT2D eigenvalue weighted by Gasteiger charge is -2.29. The van der Waals surface area contributed by atoms with E-state index in [0.717, 1.165) is 25.9 Å². The molecule has 1 unspecified atom stereocenters. The minimum absolute atomic E-state index is 0.0311. The summed E-state index contributed by atoms with van der Waals surface area (Å²) >= 11 is 0. The van der Waals surface area contributed by atoms with E-state index in [4.69, 9.17) is 15.2 Å². The van der Waals surface area contributed by atoms with E-state index in [1.54, 1.807) is 32.2 Å². The summed E-state index contributed by atoms with van der Waals surface area (Å²) in [5.74, 6) is 1.12. The average Bonchev–Trinajstić information content (AvgIpc) is 2.49. The molecule has 0 bridgehead atoms. The molecule has 0 aromatic heterocycles. The highest BCUT2D eigenvalue weighted by atomic mass is 16.5. The lowest BCUT2D eigenvalue weighted by Crippen LogP contribution is -2.43. The smallest absolute Gasteiger partial charge is 0.263 e. The zero-order valence-corrected chi connectivity index (χ0v) is 12.1. The quantitative estimate of drug-likeness (QED) is 0.856. The number of carbonyl (C=O) groups is 1. The Morgan fingerprint density at radius 3 is 2.60 bits per heavy atom. The predicted molar refractivity (Wildman–Crippen MR) is 77.9 cm³/mol. The summed E-state index contributed by atoms with van der Waals surface area (Å²) in [5.41, 5.74) is 6.30. The van der Waals surface area contributed by atoms with Gasteiger partial charge in [0.1, 0.15) is 0 Å². The van der Waals surface area contributed by atoms with Gasteiger partial charge in [0.25, 0.3) is 5.91 Å². The van der Waals surface area contributed by atoms with Crippen LogP contribution in [0.3, 0.4) is 0 Å². The third-order valence-electron chi connectivity index (χ3n) is 3.51. The van der Waals surface area contributed by atoms with Crippen molar-refractivity contribution in [3.63, 3.8) is 0 Å². The van der Waals surface area contributed by atoms with Gasteiger partial charge in [-0.2, -0.15) is 0 Å². The summed E-state index contributed by atoms with van der Waals surface area (Å²) in [4.78, 5) is 14.2. The van der Waals surface area contributed by atoms with Crippen LogP contribution in [0.15, 0.2) is 18.2 Å². The fourth-order valence-electron chi connectivity index (χ4n) is 2.39. The highest BCUT2D eigenvalue weighted by molar-refractivity contribution is 5.81. The van der Waals surface area contributed by atoms with Crippen LogP contribution in [0.25, 0.3) is 0 Å². The number of piperidine rings is 1. The first-order valence-corrected chi connectivity index (χ1v) is 7.01. The van der Waals surface area contributed by atoms with Gasteiger partial charge >= 0.3 is 0 Å². The molecule has 0 saturated carbocycles. The van der Waals surface area contributed by atoms with Crippen molar-refractivity contribution >= 4 is 11.6 Å². The molecule has 0 radical (unpaired) electrons. The van der Waals surface area contributed by atoms with Crippen LogP contribution >= 0.6 is 0 Å². The number of methoxy groups -OCH3 is 1. The van der Waals surface area contributed by atoms with Crippen molar-refractivity contribution in [2.24, 2.45) is 0 Å². The van der Waals surface area contributed by atoms with Crippen LogP contribution < -0.4 is 15.2 Å². The maximum atomic E-state index is 12.3. The summed E-state index contributed by atoms with van der Waals surface area (Å²) < 4.78 is 11.0. The summed E-state index contributed by atoms with van der Waals surface area (Å²) in [6.07, 6.45) is 2.82. The topological polar surface area (TPSA) is 64.8 Å². The van der Waals surface area contributed by atoms with Gasteiger partial charge < -0.3 is 20.1 Å². The van der Waals surface area contributed by atoms with E-state index >= 15 is 0 Å². The van der Waals surface area contributed by atoms with E-state index in [0.29, 0.717) is 17.2 Å². The Morgan fingerprint density at radius 1 is 1.25 bits per heavy atom. The van der Waals surface area contributed by atoms with Crippen LogP contribution in [0.4, 0.5) is 5.69 Å². The van der Waals surface area contributed by atoms with Crippen LogP contribution in [0.2, 0.25) is 0 Å². The van der Waals surface area contributed by atoms with Crippen molar-refractivity contribution in [3.05, 3.63) is 18.2 Å². The molecule has 1 aromatic rings. The number of carbonyl (C=O) groups excluding carboxylic acids is 1. The van der Waals surface area contributed by atoms with Crippen molar-refractivity contribution in [1.29, 1.82) is 0 Å². The largest absolute Gasteiger partial charge is 0.493 e. The Hall–Kier alpha value is -1.91. The van der Waals surface area contributed by atoms with Gasteiger partial charge in [-0.25, -0.2) is 0 Å². The Kier molecular flexibility index (Phi) is 4.71. The Morgan fingerprint density at radius 2 is 1.95 bits per heavy atom. The minimum atomic E-state index is -0.523. The lowest BCUT2D eigenvalue weighted by molar-refractivity contribution is -0.138. The highest BCUT2D eigenvalue weighted by Crippen LogP contribution is 2.30. The number of anilines is 1. The number of hydrogen-bond donors (Lipinski definition) is 1. The van der Waals surface area contributed by atoms with Crippen molar-refractivity contribution < 1.29 is 14.3 Å². The number of rotatable bonds is 4. The standard InChI is InChI=1S/C15H22N2O3/c1-11(15(18)17-8-4-3-5-9-17)20-13-7-6-12(16)10-14(13)19-2/h6-7,10-11H,3-5,8-9,16H2,1-2H3. The maximum absolute atomic E-state index is 12.3. The van der Waals surface area contributed by atoms with E-state index in [-0.39, 0.29) is 5.91 Å². The molecule has 2 rings (SSSR count). The molecule has 2 N–H and O–H groups in total. The second-order valence-corrected chi connectivity index (χ2v) is 5.06. The average molecular weight is 278 g/mol. The van der Waals surface area contributed by atoms with Gasteiger partial charge in [0.15, 0.2) is 17.6 Å². The summed E-state index contributed by atoms with van der Waals surface area (Å²) in [6, 6.07) is 5.15. The number of ether oxygens (including phenoxy) is 2. The zero-order chi connectivity index (χ0) is 14.5. The molecule has 1 heterocycles. The lowest BCUT2D eigenvalue weighted by atomic mass is 10.1. The number of benzene rings is 1. The molecule has 0 spiro atoms. The molecule has 110 valence electrons. The molecule has 1 fully saturated rings. The number of nitrogens with two attached hydrogens (primary N) is 1. The van der Waals surface area contributed by atoms with Crippen molar-refractivity contribution in [1.82, 2.24) is 4.90 Å². The second kappa shape index (κ2) is 6.50. The molecule has 5 heteroatoms.